The number of hydrogen-bond donors (Lipinski definition) is 6. The molecule has 2 amide bonds. The van der Waals surface area contributed by atoms with Gasteiger partial charge in [0.05, 0.1) is 0 Å². The van der Waals surface area contributed by atoms with Crippen molar-refractivity contribution in [3.8, 4) is 0 Å². The van der Waals surface area contributed by atoms with E-state index in [1.54, 1.807) is 0 Å². The average Bonchev–Trinajstić information content (AvgIpc) is 2.84. The first kappa shape index (κ1) is 34.2. The molecular formula is C26H49N3O6S. The van der Waals surface area contributed by atoms with Crippen LogP contribution in [0.15, 0.2) is 0 Å². The topological polar surface area (TPSA) is 145 Å². The monoisotopic (exact) mass is 531 g/mol. The van der Waals surface area contributed by atoms with Gasteiger partial charge in [-0.1, -0.05) is 90.4 Å². The van der Waals surface area contributed by atoms with Crippen molar-refractivity contribution in [2.45, 2.75) is 122 Å². The highest BCUT2D eigenvalue weighted by Gasteiger charge is 2.22. The van der Waals surface area contributed by atoms with Gasteiger partial charge in [-0.15, -0.1) is 0 Å². The largest absolute Gasteiger partial charge is 0.480 e. The second-order valence-corrected chi connectivity index (χ2v) is 9.76. The van der Waals surface area contributed by atoms with Crippen molar-refractivity contribution in [3.05, 3.63) is 0 Å². The van der Waals surface area contributed by atoms with Gasteiger partial charge in [-0.2, -0.15) is 12.6 Å². The lowest BCUT2D eigenvalue weighted by atomic mass is 10.0. The van der Waals surface area contributed by atoms with Crippen LogP contribution in [0.2, 0.25) is 0 Å². The van der Waals surface area contributed by atoms with Crippen LogP contribution in [0.1, 0.15) is 110 Å². The van der Waals surface area contributed by atoms with E-state index in [0.29, 0.717) is 6.54 Å². The molecule has 0 radical (unpaired) electrons. The molecule has 210 valence electrons. The number of aliphatic carboxylic acids is 2. The van der Waals surface area contributed by atoms with E-state index in [0.717, 1.165) is 19.3 Å². The van der Waals surface area contributed by atoms with Gasteiger partial charge >= 0.3 is 11.9 Å². The van der Waals surface area contributed by atoms with Gasteiger partial charge in [-0.25, -0.2) is 0 Å². The highest BCUT2D eigenvalue weighted by Crippen LogP contribution is 2.13. The number of carboxylic acids is 2. The Morgan fingerprint density at radius 2 is 1.25 bits per heavy atom. The number of carbonyl (C=O) groups is 4. The van der Waals surface area contributed by atoms with Crippen LogP contribution in [0.25, 0.3) is 0 Å². The Morgan fingerprint density at radius 3 is 1.69 bits per heavy atom. The molecule has 0 aromatic carbocycles. The maximum Gasteiger partial charge on any atom is 0.322 e. The van der Waals surface area contributed by atoms with Crippen molar-refractivity contribution in [1.82, 2.24) is 16.0 Å². The molecular weight excluding hydrogens is 482 g/mol. The van der Waals surface area contributed by atoms with E-state index < -0.39 is 42.4 Å². The molecule has 0 unspecified atom stereocenters. The zero-order valence-electron chi connectivity index (χ0n) is 22.1. The maximum absolute atomic E-state index is 12.1. The molecule has 0 saturated carbocycles. The van der Waals surface area contributed by atoms with Gasteiger partial charge < -0.3 is 26.2 Å². The predicted molar refractivity (Wildman–Crippen MR) is 145 cm³/mol. The fourth-order valence-electron chi connectivity index (χ4n) is 3.93. The maximum atomic E-state index is 12.1. The highest BCUT2D eigenvalue weighted by molar-refractivity contribution is 7.80. The fourth-order valence-corrected chi connectivity index (χ4v) is 4.19. The molecule has 0 spiro atoms. The number of hydrogen-bond acceptors (Lipinski definition) is 6. The van der Waals surface area contributed by atoms with E-state index >= 15 is 0 Å². The van der Waals surface area contributed by atoms with E-state index in [4.69, 9.17) is 5.11 Å². The molecule has 0 fully saturated rings. The Balaban J connectivity index is 3.86. The molecule has 9 nitrogen and oxygen atoms in total. The van der Waals surface area contributed by atoms with E-state index in [-0.39, 0.29) is 18.6 Å². The van der Waals surface area contributed by atoms with Crippen molar-refractivity contribution >= 4 is 36.4 Å². The fraction of sp³-hybridized carbons (Fsp3) is 0.846. The minimum atomic E-state index is -1.19. The van der Waals surface area contributed by atoms with Crippen LogP contribution < -0.4 is 16.0 Å². The van der Waals surface area contributed by atoms with Crippen molar-refractivity contribution < 1.29 is 29.4 Å². The number of unbranched alkanes of at least 4 members (excludes halogenated alkanes) is 13. The first-order valence-corrected chi connectivity index (χ1v) is 14.3. The zero-order chi connectivity index (χ0) is 27.0. The van der Waals surface area contributed by atoms with Crippen LogP contribution in [-0.2, 0) is 19.2 Å². The molecule has 0 aromatic heterocycles. The number of amides is 2. The summed E-state index contributed by atoms with van der Waals surface area (Å²) in [5.74, 6) is -3.34. The van der Waals surface area contributed by atoms with Crippen molar-refractivity contribution in [1.29, 1.82) is 0 Å². The molecule has 10 heteroatoms. The molecule has 0 aromatic rings. The molecule has 0 bridgehead atoms. The summed E-state index contributed by atoms with van der Waals surface area (Å²) < 4.78 is 0. The van der Waals surface area contributed by atoms with E-state index in [1.807, 2.05) is 0 Å². The second kappa shape index (κ2) is 23.6. The number of carbonyl (C=O) groups excluding carboxylic acids is 2. The lowest BCUT2D eigenvalue weighted by Crippen LogP contribution is -2.49. The van der Waals surface area contributed by atoms with Crippen LogP contribution in [0.3, 0.4) is 0 Å². The Labute approximate surface area is 222 Å². The summed E-state index contributed by atoms with van der Waals surface area (Å²) >= 11 is 4.01. The van der Waals surface area contributed by atoms with Gasteiger partial charge in [0, 0.05) is 12.2 Å². The lowest BCUT2D eigenvalue weighted by molar-refractivity contribution is -0.140. The Bertz CT molecular complexity index is 620. The number of carboxylic acid groups (broad SMARTS) is 2. The van der Waals surface area contributed by atoms with E-state index in [2.05, 4.69) is 35.5 Å². The van der Waals surface area contributed by atoms with Gasteiger partial charge in [0.2, 0.25) is 11.8 Å². The smallest absolute Gasteiger partial charge is 0.322 e. The summed E-state index contributed by atoms with van der Waals surface area (Å²) in [6, 6.07) is -1.82. The summed E-state index contributed by atoms with van der Waals surface area (Å²) in [6.07, 6.45) is 17.7. The van der Waals surface area contributed by atoms with Crippen LogP contribution >= 0.6 is 12.6 Å². The van der Waals surface area contributed by atoms with Gasteiger partial charge in [0.25, 0.3) is 0 Å². The van der Waals surface area contributed by atoms with Gasteiger partial charge in [-0.05, 0) is 19.4 Å². The molecule has 0 rings (SSSR count). The highest BCUT2D eigenvalue weighted by atomic mass is 32.1. The number of nitrogens with one attached hydrogen (secondary N) is 3. The van der Waals surface area contributed by atoms with Crippen LogP contribution in [0.4, 0.5) is 0 Å². The second-order valence-electron chi connectivity index (χ2n) is 9.39. The SMILES string of the molecule is CCCCCCCCCCCCCCCCN[C@@H](CCC(=O)N[C@@H](CS)C(=O)NCC(=O)O)C(=O)O. The summed E-state index contributed by atoms with van der Waals surface area (Å²) in [5.41, 5.74) is 0. The summed E-state index contributed by atoms with van der Waals surface area (Å²) in [7, 11) is 0. The summed E-state index contributed by atoms with van der Waals surface area (Å²) in [6.45, 7) is 2.27. The third-order valence-corrected chi connectivity index (χ3v) is 6.49. The normalized spacial score (nSPS) is 12.6. The standard InChI is InChI=1S/C26H49N3O6S/c1-2-3-4-5-6-7-8-9-10-11-12-13-14-15-18-27-21(26(34)35)16-17-23(30)29-22(20-36)25(33)28-19-24(31)32/h21-22,27,36H,2-20H2,1H3,(H,28,33)(H,29,30)(H,31,32)(H,34,35)/t21-,22-/m0/s1. The third-order valence-electron chi connectivity index (χ3n) is 6.13. The summed E-state index contributed by atoms with van der Waals surface area (Å²) in [4.78, 5) is 46.1. The molecule has 36 heavy (non-hydrogen) atoms. The molecule has 5 N–H and O–H groups in total. The molecule has 2 atom stereocenters. The number of thiol groups is 1. The van der Waals surface area contributed by atoms with Crippen molar-refractivity contribution in [2.75, 3.05) is 18.8 Å². The molecule has 0 aliphatic rings. The number of rotatable bonds is 25. The minimum Gasteiger partial charge on any atom is -0.480 e. The summed E-state index contributed by atoms with van der Waals surface area (Å²) in [5, 5.41) is 25.7. The molecule has 0 saturated heterocycles. The van der Waals surface area contributed by atoms with Gasteiger partial charge in [-0.3, -0.25) is 19.2 Å². The Hall–Kier alpha value is -1.81. The molecule has 0 aliphatic heterocycles. The first-order valence-electron chi connectivity index (χ1n) is 13.7. The Morgan fingerprint density at radius 1 is 0.750 bits per heavy atom. The van der Waals surface area contributed by atoms with Crippen molar-refractivity contribution in [3.63, 3.8) is 0 Å². The minimum absolute atomic E-state index is 0.00305. The quantitative estimate of drug-likeness (QED) is 0.0774. The lowest BCUT2D eigenvalue weighted by Gasteiger charge is -2.17. The first-order chi connectivity index (χ1) is 17.3. The van der Waals surface area contributed by atoms with E-state index in [1.165, 1.54) is 70.6 Å². The van der Waals surface area contributed by atoms with Gasteiger partial charge in [0.15, 0.2) is 0 Å². The zero-order valence-corrected chi connectivity index (χ0v) is 23.0. The predicted octanol–water partition coefficient (Wildman–Crippen LogP) is 3.91. The molecule has 0 heterocycles. The molecule has 0 aliphatic carbocycles. The van der Waals surface area contributed by atoms with E-state index in [9.17, 15) is 24.3 Å². The Kier molecular flexibility index (Phi) is 22.4. The van der Waals surface area contributed by atoms with Crippen molar-refractivity contribution in [2.24, 2.45) is 0 Å². The van der Waals surface area contributed by atoms with Crippen LogP contribution in [0, 0.1) is 0 Å². The van der Waals surface area contributed by atoms with Gasteiger partial charge in [0.1, 0.15) is 18.6 Å². The van der Waals surface area contributed by atoms with Crippen LogP contribution in [-0.4, -0.2) is 64.9 Å². The third kappa shape index (κ3) is 20.4. The average molecular weight is 532 g/mol. The van der Waals surface area contributed by atoms with Crippen LogP contribution in [0.5, 0.6) is 0 Å².